The molecule has 3 nitrogen and oxygen atoms in total. The molecule has 0 amide bonds. The zero-order valence-electron chi connectivity index (χ0n) is 14.0. The maximum atomic E-state index is 4.91. The van der Waals surface area contributed by atoms with Gasteiger partial charge in [-0.05, 0) is 62.5 Å². The van der Waals surface area contributed by atoms with Crippen molar-refractivity contribution in [3.05, 3.63) is 22.8 Å². The summed E-state index contributed by atoms with van der Waals surface area (Å²) < 4.78 is 0. The number of nitrogens with zero attached hydrogens (tertiary/aromatic N) is 2. The molecule has 0 atom stereocenters. The van der Waals surface area contributed by atoms with Gasteiger partial charge in [-0.2, -0.15) is 0 Å². The maximum absolute atomic E-state index is 4.91. The second-order valence-corrected chi connectivity index (χ2v) is 7.93. The van der Waals surface area contributed by atoms with E-state index in [4.69, 9.17) is 9.97 Å². The van der Waals surface area contributed by atoms with Crippen LogP contribution in [0.5, 0.6) is 0 Å². The van der Waals surface area contributed by atoms with Crippen molar-refractivity contribution in [2.24, 2.45) is 11.3 Å². The lowest BCUT2D eigenvalue weighted by atomic mass is 9.69. The van der Waals surface area contributed by atoms with Crippen molar-refractivity contribution in [1.29, 1.82) is 0 Å². The summed E-state index contributed by atoms with van der Waals surface area (Å²) in [6.07, 6.45) is 6.25. The van der Waals surface area contributed by atoms with Crippen LogP contribution in [0, 0.1) is 18.3 Å². The molecular weight excluding hydrogens is 258 g/mol. The van der Waals surface area contributed by atoms with E-state index in [0.717, 1.165) is 31.3 Å². The van der Waals surface area contributed by atoms with Crippen molar-refractivity contribution in [1.82, 2.24) is 15.3 Å². The molecule has 0 unspecified atom stereocenters. The van der Waals surface area contributed by atoms with E-state index in [1.807, 2.05) is 0 Å². The van der Waals surface area contributed by atoms with Crippen LogP contribution in [0.1, 0.15) is 75.1 Å². The van der Waals surface area contributed by atoms with Crippen LogP contribution in [-0.2, 0) is 13.0 Å². The lowest BCUT2D eigenvalue weighted by molar-refractivity contribution is 0.167. The van der Waals surface area contributed by atoms with E-state index in [2.05, 4.69) is 33.0 Å². The molecule has 0 bridgehead atoms. The number of nitrogens with one attached hydrogen (secondary N) is 1. The minimum Gasteiger partial charge on any atom is -0.311 e. The van der Waals surface area contributed by atoms with Crippen LogP contribution in [0.25, 0.3) is 0 Å². The van der Waals surface area contributed by atoms with Gasteiger partial charge in [-0.1, -0.05) is 20.8 Å². The molecule has 116 valence electrons. The zero-order valence-corrected chi connectivity index (χ0v) is 14.0. The fourth-order valence-corrected chi connectivity index (χ4v) is 3.97. The Labute approximate surface area is 129 Å². The molecular formula is C18H29N3. The normalized spacial score (nSPS) is 26.5. The lowest BCUT2D eigenvalue weighted by Gasteiger charge is -2.36. The second-order valence-electron chi connectivity index (χ2n) is 7.93. The van der Waals surface area contributed by atoms with Gasteiger partial charge >= 0.3 is 0 Å². The van der Waals surface area contributed by atoms with Gasteiger partial charge in [0.15, 0.2) is 0 Å². The van der Waals surface area contributed by atoms with Gasteiger partial charge in [0, 0.05) is 18.2 Å². The molecule has 1 fully saturated rings. The molecule has 3 rings (SSSR count). The Hall–Kier alpha value is -0.960. The molecule has 1 aliphatic heterocycles. The number of aromatic nitrogens is 2. The molecule has 1 aliphatic carbocycles. The summed E-state index contributed by atoms with van der Waals surface area (Å²) in [5.74, 6) is 2.55. The minimum atomic E-state index is 0.446. The Balaban J connectivity index is 1.75. The molecule has 0 aromatic carbocycles. The fraction of sp³-hybridized carbons (Fsp3) is 0.778. The highest BCUT2D eigenvalue weighted by atomic mass is 15.0. The molecule has 0 spiro atoms. The molecule has 2 heterocycles. The molecule has 2 aliphatic rings. The van der Waals surface area contributed by atoms with E-state index in [9.17, 15) is 0 Å². The summed E-state index contributed by atoms with van der Waals surface area (Å²) in [5.41, 5.74) is 4.30. The smallest absolute Gasteiger partial charge is 0.132 e. The SMILES string of the molecule is Cc1nc(C2CCC(C(C)(C)C)CC2)nc2c1CCNC2. The first-order valence-corrected chi connectivity index (χ1v) is 8.52. The third-order valence-corrected chi connectivity index (χ3v) is 5.48. The monoisotopic (exact) mass is 287 g/mol. The van der Waals surface area contributed by atoms with Gasteiger partial charge in [-0.15, -0.1) is 0 Å². The van der Waals surface area contributed by atoms with E-state index in [1.54, 1.807) is 0 Å². The van der Waals surface area contributed by atoms with Crippen LogP contribution >= 0.6 is 0 Å². The van der Waals surface area contributed by atoms with Gasteiger partial charge in [-0.25, -0.2) is 9.97 Å². The largest absolute Gasteiger partial charge is 0.311 e. The lowest BCUT2D eigenvalue weighted by Crippen LogP contribution is -2.28. The molecule has 1 saturated carbocycles. The number of fused-ring (bicyclic) bond motifs is 1. The van der Waals surface area contributed by atoms with E-state index < -0.39 is 0 Å². The van der Waals surface area contributed by atoms with Crippen LogP contribution in [0.4, 0.5) is 0 Å². The van der Waals surface area contributed by atoms with Crippen LogP contribution < -0.4 is 5.32 Å². The average Bonchev–Trinajstić information content (AvgIpc) is 2.46. The summed E-state index contributed by atoms with van der Waals surface area (Å²) in [6.45, 7) is 11.3. The first-order valence-electron chi connectivity index (χ1n) is 8.52. The number of rotatable bonds is 1. The van der Waals surface area contributed by atoms with Crippen molar-refractivity contribution in [3.8, 4) is 0 Å². The Morgan fingerprint density at radius 3 is 2.43 bits per heavy atom. The third kappa shape index (κ3) is 3.13. The zero-order chi connectivity index (χ0) is 15.0. The first kappa shape index (κ1) is 15.0. The molecule has 0 saturated heterocycles. The highest BCUT2D eigenvalue weighted by Crippen LogP contribution is 2.42. The van der Waals surface area contributed by atoms with Gasteiger partial charge in [0.25, 0.3) is 0 Å². The summed E-state index contributed by atoms with van der Waals surface area (Å²) in [4.78, 5) is 9.77. The van der Waals surface area contributed by atoms with Crippen molar-refractivity contribution < 1.29 is 0 Å². The van der Waals surface area contributed by atoms with Crippen molar-refractivity contribution in [2.45, 2.75) is 72.3 Å². The van der Waals surface area contributed by atoms with Crippen molar-refractivity contribution in [3.63, 3.8) is 0 Å². The molecule has 1 aromatic heterocycles. The molecule has 1 N–H and O–H groups in total. The topological polar surface area (TPSA) is 37.8 Å². The first-order chi connectivity index (χ1) is 9.95. The molecule has 0 radical (unpaired) electrons. The van der Waals surface area contributed by atoms with E-state index >= 15 is 0 Å². The third-order valence-electron chi connectivity index (χ3n) is 5.48. The van der Waals surface area contributed by atoms with E-state index in [1.165, 1.54) is 42.6 Å². The summed E-state index contributed by atoms with van der Waals surface area (Å²) in [5, 5.41) is 3.43. The highest BCUT2D eigenvalue weighted by Gasteiger charge is 2.31. The van der Waals surface area contributed by atoms with Crippen LogP contribution in [0.2, 0.25) is 0 Å². The van der Waals surface area contributed by atoms with Crippen LogP contribution in [0.15, 0.2) is 0 Å². The van der Waals surface area contributed by atoms with E-state index in [0.29, 0.717) is 11.3 Å². The highest BCUT2D eigenvalue weighted by molar-refractivity contribution is 5.28. The summed E-state index contributed by atoms with van der Waals surface area (Å²) in [6, 6.07) is 0. The Morgan fingerprint density at radius 1 is 1.05 bits per heavy atom. The molecule has 21 heavy (non-hydrogen) atoms. The minimum absolute atomic E-state index is 0.446. The average molecular weight is 287 g/mol. The predicted octanol–water partition coefficient (Wildman–Crippen LogP) is 3.75. The van der Waals surface area contributed by atoms with Gasteiger partial charge < -0.3 is 5.32 Å². The predicted molar refractivity (Wildman–Crippen MR) is 86.3 cm³/mol. The van der Waals surface area contributed by atoms with E-state index in [-0.39, 0.29) is 0 Å². The molecule has 3 heteroatoms. The Kier molecular flexibility index (Phi) is 4.04. The Morgan fingerprint density at radius 2 is 1.76 bits per heavy atom. The van der Waals surface area contributed by atoms with Crippen molar-refractivity contribution >= 4 is 0 Å². The van der Waals surface area contributed by atoms with Gasteiger partial charge in [-0.3, -0.25) is 0 Å². The second kappa shape index (κ2) is 5.68. The number of aryl methyl sites for hydroxylation is 1. The van der Waals surface area contributed by atoms with Gasteiger partial charge in [0.2, 0.25) is 0 Å². The summed E-state index contributed by atoms with van der Waals surface area (Å²) >= 11 is 0. The maximum Gasteiger partial charge on any atom is 0.132 e. The number of hydrogen-bond donors (Lipinski definition) is 1. The van der Waals surface area contributed by atoms with Gasteiger partial charge in [0.1, 0.15) is 5.82 Å². The fourth-order valence-electron chi connectivity index (χ4n) is 3.97. The standard InChI is InChI=1S/C18H29N3/c1-12-15-9-10-19-11-16(15)21-17(20-12)13-5-7-14(8-6-13)18(2,3)4/h13-14,19H,5-11H2,1-4H3. The number of hydrogen-bond acceptors (Lipinski definition) is 3. The quantitative estimate of drug-likeness (QED) is 0.855. The van der Waals surface area contributed by atoms with Crippen LogP contribution in [0.3, 0.4) is 0 Å². The Bertz CT molecular complexity index is 508. The van der Waals surface area contributed by atoms with Crippen molar-refractivity contribution in [2.75, 3.05) is 6.54 Å². The molecule has 1 aromatic rings. The van der Waals surface area contributed by atoms with Crippen LogP contribution in [-0.4, -0.2) is 16.5 Å². The summed E-state index contributed by atoms with van der Waals surface area (Å²) in [7, 11) is 0. The van der Waals surface area contributed by atoms with Gasteiger partial charge in [0.05, 0.1) is 5.69 Å².